The molecule has 1 unspecified atom stereocenters. The molecule has 106 valence electrons. The van der Waals surface area contributed by atoms with Crippen LogP contribution in [0, 0.1) is 18.8 Å². The van der Waals surface area contributed by atoms with Crippen molar-refractivity contribution < 1.29 is 9.53 Å². The van der Waals surface area contributed by atoms with E-state index in [-0.39, 0.29) is 11.9 Å². The van der Waals surface area contributed by atoms with Gasteiger partial charge in [0.1, 0.15) is 11.7 Å². The van der Waals surface area contributed by atoms with Gasteiger partial charge in [0.2, 0.25) is 0 Å². The van der Waals surface area contributed by atoms with E-state index in [1.165, 1.54) is 7.11 Å². The molecule has 0 N–H and O–H groups in total. The molecule has 1 heterocycles. The van der Waals surface area contributed by atoms with Gasteiger partial charge in [0, 0.05) is 11.4 Å². The lowest BCUT2D eigenvalue weighted by Crippen LogP contribution is -2.23. The highest BCUT2D eigenvalue weighted by atomic mass is 16.5. The zero-order valence-electron chi connectivity index (χ0n) is 12.7. The lowest BCUT2D eigenvalue weighted by molar-refractivity contribution is -0.143. The van der Waals surface area contributed by atoms with Crippen LogP contribution in [0.3, 0.4) is 0 Å². The number of aromatic nitrogens is 2. The number of hydrogen-bond donors (Lipinski definition) is 0. The number of ether oxygens (including phenoxy) is 1. The Hall–Kier alpha value is -1.45. The molecule has 0 spiro atoms. The first-order valence-corrected chi connectivity index (χ1v) is 6.77. The third kappa shape index (κ3) is 4.30. The Morgan fingerprint density at radius 2 is 1.89 bits per heavy atom. The van der Waals surface area contributed by atoms with Crippen molar-refractivity contribution in [3.05, 3.63) is 23.3 Å². The van der Waals surface area contributed by atoms with Crippen LogP contribution in [0.5, 0.6) is 0 Å². The summed E-state index contributed by atoms with van der Waals surface area (Å²) in [5.41, 5.74) is 1.89. The molecule has 4 nitrogen and oxygen atoms in total. The van der Waals surface area contributed by atoms with Crippen LogP contribution in [-0.4, -0.2) is 23.0 Å². The molecule has 4 heteroatoms. The molecule has 0 fully saturated rings. The second-order valence-corrected chi connectivity index (χ2v) is 5.70. The van der Waals surface area contributed by atoms with Crippen molar-refractivity contribution in [2.45, 2.75) is 47.0 Å². The zero-order chi connectivity index (χ0) is 14.6. The molecule has 0 amide bonds. The molecule has 0 saturated carbocycles. The summed E-state index contributed by atoms with van der Waals surface area (Å²) in [6.45, 7) is 10.2. The normalized spacial score (nSPS) is 12.8. The summed E-state index contributed by atoms with van der Waals surface area (Å²) in [7, 11) is 1.41. The van der Waals surface area contributed by atoms with Gasteiger partial charge in [-0.15, -0.1) is 0 Å². The Morgan fingerprint density at radius 1 is 1.26 bits per heavy atom. The maximum absolute atomic E-state index is 11.9. The molecular formula is C15H24N2O2. The first-order chi connectivity index (χ1) is 8.85. The van der Waals surface area contributed by atoms with Crippen LogP contribution >= 0.6 is 0 Å². The molecule has 0 aliphatic heterocycles. The first-order valence-electron chi connectivity index (χ1n) is 6.77. The fourth-order valence-corrected chi connectivity index (χ4v) is 2.12. The van der Waals surface area contributed by atoms with E-state index in [0.717, 1.165) is 17.8 Å². The van der Waals surface area contributed by atoms with Crippen LogP contribution in [0.15, 0.2) is 6.07 Å². The van der Waals surface area contributed by atoms with Crippen LogP contribution in [0.4, 0.5) is 0 Å². The second kappa shape index (κ2) is 6.64. The van der Waals surface area contributed by atoms with Crippen LogP contribution < -0.4 is 0 Å². The summed E-state index contributed by atoms with van der Waals surface area (Å²) in [4.78, 5) is 20.9. The van der Waals surface area contributed by atoms with Crippen molar-refractivity contribution in [2.75, 3.05) is 7.11 Å². The Labute approximate surface area is 115 Å². The SMILES string of the molecule is COC(=O)C(c1nc(C)cc(CC(C)C)n1)C(C)C. The van der Waals surface area contributed by atoms with Gasteiger partial charge in [0.25, 0.3) is 0 Å². The number of nitrogens with zero attached hydrogens (tertiary/aromatic N) is 2. The van der Waals surface area contributed by atoms with Crippen LogP contribution in [0.1, 0.15) is 50.8 Å². The van der Waals surface area contributed by atoms with E-state index in [2.05, 4.69) is 23.8 Å². The highest BCUT2D eigenvalue weighted by Gasteiger charge is 2.28. The number of hydrogen-bond acceptors (Lipinski definition) is 4. The van der Waals surface area contributed by atoms with Crippen molar-refractivity contribution >= 4 is 5.97 Å². The first kappa shape index (κ1) is 15.6. The van der Waals surface area contributed by atoms with Gasteiger partial charge >= 0.3 is 5.97 Å². The van der Waals surface area contributed by atoms with Crippen LogP contribution in [0.2, 0.25) is 0 Å². The van der Waals surface area contributed by atoms with Crippen LogP contribution in [0.25, 0.3) is 0 Å². The number of methoxy groups -OCH3 is 1. The smallest absolute Gasteiger partial charge is 0.316 e. The van der Waals surface area contributed by atoms with Crippen molar-refractivity contribution in [3.63, 3.8) is 0 Å². The summed E-state index contributed by atoms with van der Waals surface area (Å²) in [6.07, 6.45) is 0.891. The lowest BCUT2D eigenvalue weighted by Gasteiger charge is -2.18. The Bertz CT molecular complexity index is 442. The van der Waals surface area contributed by atoms with Gasteiger partial charge in [-0.2, -0.15) is 0 Å². The molecule has 0 aliphatic carbocycles. The Balaban J connectivity index is 3.16. The highest BCUT2D eigenvalue weighted by molar-refractivity contribution is 5.77. The van der Waals surface area contributed by atoms with Crippen molar-refractivity contribution in [1.82, 2.24) is 9.97 Å². The van der Waals surface area contributed by atoms with Gasteiger partial charge in [0.15, 0.2) is 0 Å². The van der Waals surface area contributed by atoms with E-state index in [4.69, 9.17) is 4.74 Å². The predicted octanol–water partition coefficient (Wildman–Crippen LogP) is 2.90. The van der Waals surface area contributed by atoms with E-state index >= 15 is 0 Å². The van der Waals surface area contributed by atoms with E-state index in [9.17, 15) is 4.79 Å². The van der Waals surface area contributed by atoms with Gasteiger partial charge in [0.05, 0.1) is 7.11 Å². The van der Waals surface area contributed by atoms with Crippen LogP contribution in [-0.2, 0) is 16.0 Å². The van der Waals surface area contributed by atoms with E-state index < -0.39 is 5.92 Å². The Morgan fingerprint density at radius 3 is 2.37 bits per heavy atom. The third-order valence-electron chi connectivity index (χ3n) is 2.94. The fourth-order valence-electron chi connectivity index (χ4n) is 2.12. The maximum Gasteiger partial charge on any atom is 0.316 e. The molecule has 0 radical (unpaired) electrons. The minimum Gasteiger partial charge on any atom is -0.468 e. The molecule has 0 saturated heterocycles. The number of carbonyl (C=O) groups excluding carboxylic acids is 1. The predicted molar refractivity (Wildman–Crippen MR) is 74.9 cm³/mol. The molecule has 0 aromatic carbocycles. The maximum atomic E-state index is 11.9. The summed E-state index contributed by atoms with van der Waals surface area (Å²) in [5, 5.41) is 0. The molecule has 1 rings (SSSR count). The summed E-state index contributed by atoms with van der Waals surface area (Å²) >= 11 is 0. The minimum absolute atomic E-state index is 0.112. The van der Waals surface area contributed by atoms with Crippen molar-refractivity contribution in [3.8, 4) is 0 Å². The number of esters is 1. The standard InChI is InChI=1S/C15H24N2O2/c1-9(2)7-12-8-11(5)16-14(17-12)13(10(3)4)15(18)19-6/h8-10,13H,7H2,1-6H3. The van der Waals surface area contributed by atoms with Crippen molar-refractivity contribution in [2.24, 2.45) is 11.8 Å². The number of aryl methyl sites for hydroxylation is 1. The highest BCUT2D eigenvalue weighted by Crippen LogP contribution is 2.23. The van der Waals surface area contributed by atoms with Gasteiger partial charge < -0.3 is 4.74 Å². The van der Waals surface area contributed by atoms with E-state index in [1.807, 2.05) is 26.8 Å². The van der Waals surface area contributed by atoms with E-state index in [0.29, 0.717) is 11.7 Å². The molecule has 0 aliphatic rings. The average Bonchev–Trinajstić information content (AvgIpc) is 2.26. The summed E-state index contributed by atoms with van der Waals surface area (Å²) in [5.74, 6) is 0.559. The molecule has 19 heavy (non-hydrogen) atoms. The monoisotopic (exact) mass is 264 g/mol. The molecule has 1 aromatic rings. The largest absolute Gasteiger partial charge is 0.468 e. The molecule has 1 atom stereocenters. The van der Waals surface area contributed by atoms with Crippen molar-refractivity contribution in [1.29, 1.82) is 0 Å². The second-order valence-electron chi connectivity index (χ2n) is 5.70. The molecule has 1 aromatic heterocycles. The lowest BCUT2D eigenvalue weighted by atomic mass is 9.94. The summed E-state index contributed by atoms with van der Waals surface area (Å²) in [6, 6.07) is 1.98. The van der Waals surface area contributed by atoms with Gasteiger partial charge in [-0.05, 0) is 31.2 Å². The van der Waals surface area contributed by atoms with E-state index in [1.54, 1.807) is 0 Å². The van der Waals surface area contributed by atoms with Gasteiger partial charge in [-0.3, -0.25) is 4.79 Å². The summed E-state index contributed by atoms with van der Waals surface area (Å²) < 4.78 is 4.87. The number of rotatable bonds is 5. The Kier molecular flexibility index (Phi) is 5.45. The molecular weight excluding hydrogens is 240 g/mol. The number of carbonyl (C=O) groups is 1. The van der Waals surface area contributed by atoms with Gasteiger partial charge in [-0.25, -0.2) is 9.97 Å². The quantitative estimate of drug-likeness (QED) is 0.767. The van der Waals surface area contributed by atoms with Gasteiger partial charge in [-0.1, -0.05) is 27.7 Å². The zero-order valence-corrected chi connectivity index (χ0v) is 12.7. The molecule has 0 bridgehead atoms. The topological polar surface area (TPSA) is 52.1 Å². The average molecular weight is 264 g/mol. The minimum atomic E-state index is -0.393. The fraction of sp³-hybridized carbons (Fsp3) is 0.667. The third-order valence-corrected chi connectivity index (χ3v) is 2.94.